The third-order valence-electron chi connectivity index (χ3n) is 4.53. The van der Waals surface area contributed by atoms with Crippen molar-refractivity contribution in [3.63, 3.8) is 0 Å². The van der Waals surface area contributed by atoms with Gasteiger partial charge in [0.05, 0.1) is 39.0 Å². The number of carboxylic acids is 3. The fourth-order valence-corrected chi connectivity index (χ4v) is 2.96. The molecule has 0 amide bonds. The highest BCUT2D eigenvalue weighted by Gasteiger charge is 2.28. The van der Waals surface area contributed by atoms with E-state index in [-0.39, 0.29) is 43.4 Å². The number of quaternary nitrogens is 1. The van der Waals surface area contributed by atoms with Gasteiger partial charge in [-0.15, -0.1) is 0 Å². The summed E-state index contributed by atoms with van der Waals surface area (Å²) >= 11 is 0. The first-order chi connectivity index (χ1) is 12.3. The van der Waals surface area contributed by atoms with Crippen molar-refractivity contribution in [3.8, 4) is 0 Å². The largest absolute Gasteiger partial charge is 0.550 e. The van der Waals surface area contributed by atoms with Gasteiger partial charge in [-0.3, -0.25) is 9.59 Å². The lowest BCUT2D eigenvalue weighted by Crippen LogP contribution is -2.52. The number of nitrogens with zero attached hydrogens (tertiary/aromatic N) is 1. The summed E-state index contributed by atoms with van der Waals surface area (Å²) in [5.74, 6) is -3.13. The van der Waals surface area contributed by atoms with E-state index in [1.807, 2.05) is 0 Å². The molecule has 26 heavy (non-hydrogen) atoms. The number of hydrogen-bond acceptors (Lipinski definition) is 4. The molecule has 7 heteroatoms. The number of rotatable bonds is 17. The minimum Gasteiger partial charge on any atom is -0.550 e. The highest BCUT2D eigenvalue weighted by molar-refractivity contribution is 5.67. The Hall–Kier alpha value is -1.89. The van der Waals surface area contributed by atoms with Crippen LogP contribution in [0.4, 0.5) is 0 Å². The highest BCUT2D eigenvalue weighted by Crippen LogP contribution is 2.15. The maximum absolute atomic E-state index is 11.0. The fraction of sp³-hybridized carbons (Fsp3) is 0.737. The third kappa shape index (κ3) is 13.4. The van der Waals surface area contributed by atoms with Gasteiger partial charge in [0.15, 0.2) is 0 Å². The topological polar surface area (TPSA) is 115 Å². The minimum absolute atomic E-state index is 0.112. The molecule has 0 radical (unpaired) electrons. The lowest BCUT2D eigenvalue weighted by molar-refractivity contribution is -0.927. The molecule has 0 aliphatic carbocycles. The summed E-state index contributed by atoms with van der Waals surface area (Å²) in [6.45, 7) is 3.38. The first kappa shape index (κ1) is 24.1. The van der Waals surface area contributed by atoms with E-state index in [0.717, 1.165) is 25.7 Å². The summed E-state index contributed by atoms with van der Waals surface area (Å²) in [6, 6.07) is 0. The molecule has 0 rings (SSSR count). The van der Waals surface area contributed by atoms with Crippen molar-refractivity contribution in [1.82, 2.24) is 0 Å². The standard InChI is InChI=1S/C19H33NO6/c1-2-3-4-5-6-7-8-9-13-20(14-10-17(21)22,15-11-18(23)24)16-12-19(25)26/h6-7H,2-5,8-16H2,1H3,(H2-,21,22,23,24,25,26)/b7-6+. The van der Waals surface area contributed by atoms with Crippen LogP contribution in [-0.4, -0.2) is 58.8 Å². The molecule has 0 saturated carbocycles. The molecule has 0 aromatic carbocycles. The van der Waals surface area contributed by atoms with Gasteiger partial charge in [0.1, 0.15) is 0 Å². The number of carboxylic acid groups (broad SMARTS) is 3. The van der Waals surface area contributed by atoms with Crippen LogP contribution in [0.1, 0.15) is 64.7 Å². The Morgan fingerprint density at radius 1 is 0.808 bits per heavy atom. The van der Waals surface area contributed by atoms with Gasteiger partial charge >= 0.3 is 11.9 Å². The predicted octanol–water partition coefficient (Wildman–Crippen LogP) is 1.81. The first-order valence-corrected chi connectivity index (χ1v) is 9.45. The summed E-state index contributed by atoms with van der Waals surface area (Å²) in [5.41, 5.74) is 0. The molecule has 0 aliphatic rings. The second kappa shape index (κ2) is 14.3. The number of allylic oxidation sites excluding steroid dienone is 2. The molecule has 2 N–H and O–H groups in total. The van der Waals surface area contributed by atoms with Crippen molar-refractivity contribution >= 4 is 17.9 Å². The Morgan fingerprint density at radius 3 is 1.77 bits per heavy atom. The van der Waals surface area contributed by atoms with Crippen LogP contribution in [0.25, 0.3) is 0 Å². The Bertz CT molecular complexity index is 415. The predicted molar refractivity (Wildman–Crippen MR) is 96.4 cm³/mol. The Labute approximate surface area is 155 Å². The molecule has 0 fully saturated rings. The number of unbranched alkanes of at least 4 members (excludes halogenated alkanes) is 4. The summed E-state index contributed by atoms with van der Waals surface area (Å²) in [5, 5.41) is 28.8. The van der Waals surface area contributed by atoms with E-state index in [2.05, 4.69) is 19.1 Å². The van der Waals surface area contributed by atoms with Gasteiger partial charge in [0, 0.05) is 18.8 Å². The molecular weight excluding hydrogens is 338 g/mol. The van der Waals surface area contributed by atoms with Crippen molar-refractivity contribution < 1.29 is 34.2 Å². The van der Waals surface area contributed by atoms with Crippen LogP contribution in [0.15, 0.2) is 12.2 Å². The Balaban J connectivity index is 4.74. The molecule has 7 nitrogen and oxygen atoms in total. The molecule has 0 aromatic rings. The van der Waals surface area contributed by atoms with Crippen LogP contribution in [0.2, 0.25) is 0 Å². The van der Waals surface area contributed by atoms with E-state index in [0.29, 0.717) is 6.54 Å². The normalized spacial score (nSPS) is 11.7. The number of carbonyl (C=O) groups excluding carboxylic acids is 1. The zero-order valence-electron chi connectivity index (χ0n) is 15.8. The summed E-state index contributed by atoms with van der Waals surface area (Å²) in [4.78, 5) is 32.8. The summed E-state index contributed by atoms with van der Waals surface area (Å²) in [6.07, 6.45) is 9.97. The lowest BCUT2D eigenvalue weighted by Gasteiger charge is -2.38. The number of carbonyl (C=O) groups is 3. The lowest BCUT2D eigenvalue weighted by atomic mass is 10.1. The average molecular weight is 371 g/mol. The van der Waals surface area contributed by atoms with E-state index in [9.17, 15) is 19.5 Å². The molecule has 0 aromatic heterocycles. The van der Waals surface area contributed by atoms with Crippen LogP contribution in [0, 0.1) is 0 Å². The fourth-order valence-electron chi connectivity index (χ4n) is 2.96. The van der Waals surface area contributed by atoms with Crippen molar-refractivity contribution in [2.75, 3.05) is 26.2 Å². The SMILES string of the molecule is CCCCC/C=C/CCC[N+](CCC(=O)[O-])(CCC(=O)O)CCC(=O)O. The minimum atomic E-state index is -1.20. The van der Waals surface area contributed by atoms with Crippen molar-refractivity contribution in [2.45, 2.75) is 64.7 Å². The average Bonchev–Trinajstić information content (AvgIpc) is 2.57. The van der Waals surface area contributed by atoms with E-state index >= 15 is 0 Å². The second-order valence-electron chi connectivity index (χ2n) is 6.75. The van der Waals surface area contributed by atoms with E-state index in [1.165, 1.54) is 12.8 Å². The summed E-state index contributed by atoms with van der Waals surface area (Å²) < 4.78 is 0.191. The molecule has 0 atom stereocenters. The van der Waals surface area contributed by atoms with Gasteiger partial charge in [-0.2, -0.15) is 0 Å². The van der Waals surface area contributed by atoms with Gasteiger partial charge < -0.3 is 24.6 Å². The monoisotopic (exact) mass is 371 g/mol. The molecular formula is C19H33NO6. The van der Waals surface area contributed by atoms with Crippen molar-refractivity contribution in [2.24, 2.45) is 0 Å². The van der Waals surface area contributed by atoms with Crippen LogP contribution in [-0.2, 0) is 14.4 Å². The number of aliphatic carboxylic acids is 3. The van der Waals surface area contributed by atoms with Gasteiger partial charge in [-0.25, -0.2) is 0 Å². The quantitative estimate of drug-likeness (QED) is 0.229. The van der Waals surface area contributed by atoms with Gasteiger partial charge in [-0.05, 0) is 19.3 Å². The molecule has 150 valence electrons. The van der Waals surface area contributed by atoms with Gasteiger partial charge in [0.2, 0.25) is 0 Å². The van der Waals surface area contributed by atoms with Crippen LogP contribution in [0.3, 0.4) is 0 Å². The number of hydrogen-bond donors (Lipinski definition) is 2. The van der Waals surface area contributed by atoms with Crippen molar-refractivity contribution in [3.05, 3.63) is 12.2 Å². The Kier molecular flexibility index (Phi) is 13.3. The molecule has 0 spiro atoms. The molecule has 0 unspecified atom stereocenters. The van der Waals surface area contributed by atoms with Gasteiger partial charge in [-0.1, -0.05) is 31.9 Å². The maximum Gasteiger partial charge on any atom is 0.309 e. The third-order valence-corrected chi connectivity index (χ3v) is 4.53. The first-order valence-electron chi connectivity index (χ1n) is 9.45. The zero-order valence-corrected chi connectivity index (χ0v) is 15.8. The second-order valence-corrected chi connectivity index (χ2v) is 6.75. The molecule has 0 saturated heterocycles. The highest BCUT2D eigenvalue weighted by atomic mass is 16.4. The molecule has 0 aliphatic heterocycles. The van der Waals surface area contributed by atoms with Gasteiger partial charge in [0.25, 0.3) is 0 Å². The van der Waals surface area contributed by atoms with Crippen molar-refractivity contribution in [1.29, 1.82) is 0 Å². The van der Waals surface area contributed by atoms with E-state index in [1.54, 1.807) is 0 Å². The van der Waals surface area contributed by atoms with Crippen LogP contribution >= 0.6 is 0 Å². The smallest absolute Gasteiger partial charge is 0.309 e. The van der Waals surface area contributed by atoms with E-state index < -0.39 is 17.9 Å². The maximum atomic E-state index is 11.0. The van der Waals surface area contributed by atoms with Crippen LogP contribution < -0.4 is 5.11 Å². The molecule has 0 bridgehead atoms. The summed E-state index contributed by atoms with van der Waals surface area (Å²) in [7, 11) is 0. The Morgan fingerprint density at radius 2 is 1.31 bits per heavy atom. The molecule has 0 heterocycles. The zero-order chi connectivity index (χ0) is 19.8. The van der Waals surface area contributed by atoms with Crippen LogP contribution in [0.5, 0.6) is 0 Å². The van der Waals surface area contributed by atoms with E-state index in [4.69, 9.17) is 10.2 Å².